The van der Waals surface area contributed by atoms with Crippen LogP contribution in [0.5, 0.6) is 11.5 Å². The van der Waals surface area contributed by atoms with Gasteiger partial charge in [0.15, 0.2) is 11.5 Å². The van der Waals surface area contributed by atoms with Gasteiger partial charge in [0.2, 0.25) is 0 Å². The highest BCUT2D eigenvalue weighted by Gasteiger charge is 2.36. The smallest absolute Gasteiger partial charge is 0.161 e. The minimum atomic E-state index is -2.51. The largest absolute Gasteiger partial charge is 0.493 e. The lowest BCUT2D eigenvalue weighted by Crippen LogP contribution is -2.46. The number of aliphatic hydroxyl groups excluding tert-OH is 1. The van der Waals surface area contributed by atoms with Crippen LogP contribution in [0.15, 0.2) is 12.1 Å². The Morgan fingerprint density at radius 3 is 2.74 bits per heavy atom. The molecule has 0 bridgehead atoms. The highest BCUT2D eigenvalue weighted by Crippen LogP contribution is 2.43. The molecular weight excluding hydrogens is 290 g/mol. The van der Waals surface area contributed by atoms with Crippen LogP contribution in [-0.4, -0.2) is 43.3 Å². The van der Waals surface area contributed by atoms with Crippen LogP contribution in [0.2, 0.25) is 0 Å². The maximum absolute atomic E-state index is 10.5. The summed E-state index contributed by atoms with van der Waals surface area (Å²) in [4.78, 5) is 2.42. The summed E-state index contributed by atoms with van der Waals surface area (Å²) in [5, 5.41) is 10.5. The van der Waals surface area contributed by atoms with Crippen molar-refractivity contribution >= 4 is 0 Å². The van der Waals surface area contributed by atoms with E-state index in [1.165, 1.54) is 12.7 Å². The van der Waals surface area contributed by atoms with Crippen molar-refractivity contribution in [2.45, 2.75) is 45.3 Å². The Morgan fingerprint density at radius 1 is 1.26 bits per heavy atom. The molecule has 0 aromatic heterocycles. The number of piperidine rings is 1. The predicted molar refractivity (Wildman–Crippen MR) is 91.1 cm³/mol. The molecular formula is C19H29NO3. The first-order valence-electron chi connectivity index (χ1n) is 10.0. The average molecular weight is 322 g/mol. The monoisotopic (exact) mass is 322 g/mol. The second kappa shape index (κ2) is 6.70. The number of hydrogen-bond acceptors (Lipinski definition) is 4. The van der Waals surface area contributed by atoms with E-state index in [-0.39, 0.29) is 23.8 Å². The number of rotatable bonds is 4. The number of nitrogens with zero attached hydrogens (tertiary/aromatic N) is 1. The van der Waals surface area contributed by atoms with E-state index in [2.05, 4.69) is 18.7 Å². The lowest BCUT2D eigenvalue weighted by Gasteiger charge is -2.45. The highest BCUT2D eigenvalue weighted by molar-refractivity contribution is 5.49. The van der Waals surface area contributed by atoms with Gasteiger partial charge in [0.05, 0.1) is 24.4 Å². The Hall–Kier alpha value is -1.26. The molecule has 3 rings (SSSR count). The van der Waals surface area contributed by atoms with E-state index in [9.17, 15) is 5.11 Å². The molecule has 2 aliphatic heterocycles. The number of aliphatic hydroxyl groups is 1. The third-order valence-corrected chi connectivity index (χ3v) is 5.45. The predicted octanol–water partition coefficient (Wildman–Crippen LogP) is 3.03. The maximum atomic E-state index is 10.5. The van der Waals surface area contributed by atoms with Gasteiger partial charge in [-0.1, -0.05) is 13.8 Å². The second-order valence-electron chi connectivity index (χ2n) is 7.14. The number of methoxy groups -OCH3 is 2. The summed E-state index contributed by atoms with van der Waals surface area (Å²) in [6.45, 7) is 5.95. The van der Waals surface area contributed by atoms with Gasteiger partial charge in [-0.05, 0) is 54.4 Å². The van der Waals surface area contributed by atoms with E-state index < -0.39 is 7.04 Å². The van der Waals surface area contributed by atoms with Crippen molar-refractivity contribution in [3.8, 4) is 11.5 Å². The summed E-state index contributed by atoms with van der Waals surface area (Å²) in [5.41, 5.74) is 2.33. The van der Waals surface area contributed by atoms with Crippen LogP contribution in [0.25, 0.3) is 0 Å². The number of benzene rings is 1. The van der Waals surface area contributed by atoms with E-state index in [0.29, 0.717) is 11.7 Å². The molecule has 1 saturated heterocycles. The molecule has 0 aliphatic carbocycles. The lowest BCUT2D eigenvalue weighted by atomic mass is 9.79. The van der Waals surface area contributed by atoms with Gasteiger partial charge in [0, 0.05) is 19.1 Å². The van der Waals surface area contributed by atoms with Gasteiger partial charge in [-0.25, -0.2) is 0 Å². The summed E-state index contributed by atoms with van der Waals surface area (Å²) < 4.78 is 32.7. The Morgan fingerprint density at radius 2 is 2.04 bits per heavy atom. The number of hydrogen-bond donors (Lipinski definition) is 1. The van der Waals surface area contributed by atoms with Crippen molar-refractivity contribution in [1.29, 1.82) is 0 Å². The standard InChI is InChI=1S/C19H29NO3/c1-12(2)19(21)14-5-6-16-15-10-18(23-4)17(22-3)9-13(15)7-8-20(16)11-14/h9-10,12,14,16,19,21H,5-8,11H2,1-4H3/i4D3. The van der Waals surface area contributed by atoms with E-state index in [1.54, 1.807) is 0 Å². The van der Waals surface area contributed by atoms with Gasteiger partial charge < -0.3 is 14.6 Å². The zero-order valence-corrected chi connectivity index (χ0v) is 14.2. The minimum Gasteiger partial charge on any atom is -0.493 e. The van der Waals surface area contributed by atoms with Gasteiger partial charge in [0.1, 0.15) is 0 Å². The van der Waals surface area contributed by atoms with E-state index in [0.717, 1.165) is 37.9 Å². The molecule has 1 aromatic carbocycles. The zero-order valence-electron chi connectivity index (χ0n) is 17.2. The zero-order chi connectivity index (χ0) is 19.1. The van der Waals surface area contributed by atoms with Gasteiger partial charge in [0.25, 0.3) is 0 Å². The molecule has 4 heteroatoms. The molecule has 0 radical (unpaired) electrons. The third-order valence-electron chi connectivity index (χ3n) is 5.45. The SMILES string of the molecule is [2H]C([2H])([2H])Oc1cc2c(cc1OC)CCN1CC(C(O)C(C)C)CCC21. The van der Waals surface area contributed by atoms with Crippen LogP contribution in [-0.2, 0) is 6.42 Å². The van der Waals surface area contributed by atoms with Gasteiger partial charge in [-0.3, -0.25) is 4.90 Å². The first-order valence-corrected chi connectivity index (χ1v) is 8.51. The van der Waals surface area contributed by atoms with Crippen molar-refractivity contribution in [2.75, 3.05) is 27.2 Å². The molecule has 0 amide bonds. The van der Waals surface area contributed by atoms with Crippen LogP contribution in [0.4, 0.5) is 0 Å². The van der Waals surface area contributed by atoms with Crippen molar-refractivity contribution in [1.82, 2.24) is 4.90 Å². The third kappa shape index (κ3) is 3.07. The summed E-state index contributed by atoms with van der Waals surface area (Å²) in [7, 11) is -0.976. The van der Waals surface area contributed by atoms with Crippen molar-refractivity contribution in [3.63, 3.8) is 0 Å². The van der Waals surface area contributed by atoms with Crippen molar-refractivity contribution in [2.24, 2.45) is 11.8 Å². The Bertz CT molecular complexity index is 648. The van der Waals surface area contributed by atoms with Crippen molar-refractivity contribution < 1.29 is 18.7 Å². The van der Waals surface area contributed by atoms with E-state index >= 15 is 0 Å². The fourth-order valence-electron chi connectivity index (χ4n) is 4.14. The van der Waals surface area contributed by atoms with Crippen LogP contribution < -0.4 is 9.47 Å². The summed E-state index contributed by atoms with van der Waals surface area (Å²) >= 11 is 0. The van der Waals surface area contributed by atoms with Gasteiger partial charge in [-0.2, -0.15) is 0 Å². The minimum absolute atomic E-state index is 0.249. The highest BCUT2D eigenvalue weighted by atomic mass is 16.5. The molecule has 2 aliphatic rings. The van der Waals surface area contributed by atoms with Gasteiger partial charge in [-0.15, -0.1) is 0 Å². The first kappa shape index (κ1) is 13.1. The van der Waals surface area contributed by atoms with Crippen LogP contribution >= 0.6 is 0 Å². The number of ether oxygens (including phenoxy) is 2. The number of fused-ring (bicyclic) bond motifs is 3. The molecule has 0 spiro atoms. The fourth-order valence-corrected chi connectivity index (χ4v) is 4.14. The van der Waals surface area contributed by atoms with Crippen LogP contribution in [0, 0.1) is 11.8 Å². The summed E-state index contributed by atoms with van der Waals surface area (Å²) in [6.07, 6.45) is 2.55. The first-order chi connectivity index (χ1) is 12.2. The molecule has 1 aromatic rings. The molecule has 3 unspecified atom stereocenters. The van der Waals surface area contributed by atoms with E-state index in [4.69, 9.17) is 13.6 Å². The maximum Gasteiger partial charge on any atom is 0.161 e. The molecule has 3 atom stereocenters. The molecule has 1 fully saturated rings. The fraction of sp³-hybridized carbons (Fsp3) is 0.684. The average Bonchev–Trinajstić information content (AvgIpc) is 2.58. The molecule has 0 saturated carbocycles. The molecule has 4 nitrogen and oxygen atoms in total. The normalized spacial score (nSPS) is 28.1. The molecule has 128 valence electrons. The quantitative estimate of drug-likeness (QED) is 0.925. The second-order valence-corrected chi connectivity index (χ2v) is 7.14. The molecule has 1 N–H and O–H groups in total. The topological polar surface area (TPSA) is 41.9 Å². The van der Waals surface area contributed by atoms with Crippen molar-refractivity contribution in [3.05, 3.63) is 23.3 Å². The van der Waals surface area contributed by atoms with Crippen LogP contribution in [0.3, 0.4) is 0 Å². The van der Waals surface area contributed by atoms with E-state index in [1.807, 2.05) is 12.1 Å². The molecule has 2 heterocycles. The Balaban J connectivity index is 1.86. The Labute approximate surface area is 143 Å². The lowest BCUT2D eigenvalue weighted by molar-refractivity contribution is -0.000941. The van der Waals surface area contributed by atoms with Gasteiger partial charge >= 0.3 is 0 Å². The van der Waals surface area contributed by atoms with Crippen LogP contribution in [0.1, 0.15) is 48.0 Å². The summed E-state index contributed by atoms with van der Waals surface area (Å²) in [6, 6.07) is 4.01. The molecule has 23 heavy (non-hydrogen) atoms. The Kier molecular flexibility index (Phi) is 3.81. The summed E-state index contributed by atoms with van der Waals surface area (Å²) in [5.74, 6) is 1.30.